The second-order valence-corrected chi connectivity index (χ2v) is 19.3. The van der Waals surface area contributed by atoms with Gasteiger partial charge in [0.05, 0.1) is 22.8 Å². The van der Waals surface area contributed by atoms with Crippen LogP contribution in [0.25, 0.3) is 45.0 Å². The quantitative estimate of drug-likeness (QED) is 0.165. The van der Waals surface area contributed by atoms with Gasteiger partial charge in [0.15, 0.2) is 0 Å². The van der Waals surface area contributed by atoms with E-state index in [1.807, 2.05) is 0 Å². The summed E-state index contributed by atoms with van der Waals surface area (Å²) < 4.78 is 0. The molecule has 4 aromatic heterocycles. The van der Waals surface area contributed by atoms with E-state index >= 15 is 0 Å². The Morgan fingerprint density at radius 2 is 0.429 bits per heavy atom. The monoisotopic (exact) mass is 1340 g/mol. The summed E-state index contributed by atoms with van der Waals surface area (Å²) in [5, 5.41) is 0. The van der Waals surface area contributed by atoms with Crippen molar-refractivity contribution in [1.82, 2.24) is 19.9 Å². The molecular formula is C71H44N4Pt2. The zero-order chi connectivity index (χ0) is 49.8. The molecule has 1 spiro atoms. The van der Waals surface area contributed by atoms with Crippen molar-refractivity contribution in [2.24, 2.45) is 0 Å². The van der Waals surface area contributed by atoms with Gasteiger partial charge in [-0.3, -0.25) is 19.9 Å². The maximum atomic E-state index is 5.76. The number of nitrogens with zero attached hydrogens (tertiary/aromatic N) is 4. The van der Waals surface area contributed by atoms with Crippen molar-refractivity contribution >= 4 is 0 Å². The third-order valence-corrected chi connectivity index (χ3v) is 15.3. The van der Waals surface area contributed by atoms with Crippen LogP contribution in [0, 0.1) is 24.3 Å². The number of benzene rings is 8. The van der Waals surface area contributed by atoms with E-state index in [0.29, 0.717) is 22.8 Å². The van der Waals surface area contributed by atoms with Crippen LogP contribution in [0.4, 0.5) is 0 Å². The van der Waals surface area contributed by atoms with E-state index < -0.39 is 16.2 Å². The molecule has 0 fully saturated rings. The number of hydrogen-bond acceptors (Lipinski definition) is 4. The number of pyridine rings is 4. The molecule has 0 N–H and O–H groups in total. The maximum Gasteiger partial charge on any atom is 2.00 e. The van der Waals surface area contributed by atoms with Crippen LogP contribution in [0.15, 0.2) is 267 Å². The molecule has 16 bridgehead atoms. The summed E-state index contributed by atoms with van der Waals surface area (Å²) in [5.41, 5.74) is 14.6. The van der Waals surface area contributed by atoms with Crippen molar-refractivity contribution in [2.45, 2.75) is 16.2 Å². The number of aromatic nitrogens is 4. The topological polar surface area (TPSA) is 51.6 Å². The van der Waals surface area contributed by atoms with Crippen molar-refractivity contribution in [3.63, 3.8) is 0 Å². The zero-order valence-electron chi connectivity index (χ0n) is 41.3. The van der Waals surface area contributed by atoms with E-state index in [4.69, 9.17) is 19.9 Å². The molecule has 77 heavy (non-hydrogen) atoms. The Morgan fingerprint density at radius 3 is 0.662 bits per heavy atom. The Hall–Kier alpha value is -8.26. The Bertz CT molecular complexity index is 3560. The number of rotatable bonds is 4. The average molecular weight is 1340 g/mol. The summed E-state index contributed by atoms with van der Waals surface area (Å²) >= 11 is 0. The first-order valence-corrected chi connectivity index (χ1v) is 25.4. The summed E-state index contributed by atoms with van der Waals surface area (Å²) in [5.74, 6) is 0. The molecule has 0 atom stereocenters. The minimum atomic E-state index is -1.27. The van der Waals surface area contributed by atoms with Crippen LogP contribution in [0.2, 0.25) is 0 Å². The molecule has 6 heterocycles. The van der Waals surface area contributed by atoms with Crippen molar-refractivity contribution in [2.75, 3.05) is 0 Å². The minimum Gasteiger partial charge on any atom is -0.299 e. The molecular weight excluding hydrogens is 1300 g/mol. The van der Waals surface area contributed by atoms with Crippen LogP contribution in [-0.4, -0.2) is 19.9 Å². The van der Waals surface area contributed by atoms with Gasteiger partial charge in [0.2, 0.25) is 0 Å². The Balaban J connectivity index is 0.00000298. The van der Waals surface area contributed by atoms with Gasteiger partial charge < -0.3 is 0 Å². The van der Waals surface area contributed by atoms with Gasteiger partial charge in [-0.15, -0.1) is 142 Å². The van der Waals surface area contributed by atoms with E-state index in [2.05, 4.69) is 291 Å². The first-order valence-electron chi connectivity index (χ1n) is 25.4. The van der Waals surface area contributed by atoms with E-state index in [0.717, 1.165) is 89.5 Å². The standard InChI is InChI=1S/C71H44N4.2Pt/c1-5-25-53(26-6-1)69(54-27-7-2-8-28-54)57-33-13-21-49(45-57)61-37-17-41-65(72-61)71(66-42-18-38-62(73-66)50-22-14-34-58(69)46-50)67-43-19-39-63(74-67)51-23-15-35-59(47-51)70(55-29-9-3-10-30-55,56-31-11-4-12-32-56)60-36-16-24-52(48-60)64-40-20-44-68(71)75-64;;/h1-44H;;/q-4;2*+2. The molecule has 14 rings (SSSR count). The Labute approximate surface area is 478 Å². The van der Waals surface area contributed by atoms with Crippen LogP contribution in [0.5, 0.6) is 0 Å². The van der Waals surface area contributed by atoms with Crippen molar-refractivity contribution in [1.29, 1.82) is 0 Å². The largest absolute Gasteiger partial charge is 2.00 e. The second-order valence-electron chi connectivity index (χ2n) is 19.3. The number of hydrogen-bond donors (Lipinski definition) is 0. The third-order valence-electron chi connectivity index (χ3n) is 15.3. The Morgan fingerprint density at radius 1 is 0.208 bits per heavy atom. The van der Waals surface area contributed by atoms with Gasteiger partial charge in [0, 0.05) is 10.8 Å². The molecule has 0 unspecified atom stereocenters. The fourth-order valence-electron chi connectivity index (χ4n) is 11.9. The van der Waals surface area contributed by atoms with E-state index in [1.165, 1.54) is 0 Å². The zero-order valence-corrected chi connectivity index (χ0v) is 45.9. The van der Waals surface area contributed by atoms with E-state index in [1.54, 1.807) is 0 Å². The van der Waals surface area contributed by atoms with Gasteiger partial charge in [-0.1, -0.05) is 170 Å². The van der Waals surface area contributed by atoms with Crippen molar-refractivity contribution in [3.8, 4) is 45.0 Å². The van der Waals surface area contributed by atoms with E-state index in [9.17, 15) is 0 Å². The molecule has 0 amide bonds. The molecule has 2 aliphatic rings. The third kappa shape index (κ3) is 7.96. The molecule has 0 saturated carbocycles. The van der Waals surface area contributed by atoms with Gasteiger partial charge >= 0.3 is 42.1 Å². The molecule has 368 valence electrons. The fraction of sp³-hybridized carbons (Fsp3) is 0.0423. The second kappa shape index (κ2) is 20.4. The predicted octanol–water partition coefficient (Wildman–Crippen LogP) is 14.9. The Kier molecular flexibility index (Phi) is 13.1. The molecule has 0 radical (unpaired) electrons. The minimum absolute atomic E-state index is 0. The van der Waals surface area contributed by atoms with Gasteiger partial charge in [0.25, 0.3) is 0 Å². The predicted molar refractivity (Wildman–Crippen MR) is 297 cm³/mol. The van der Waals surface area contributed by atoms with Crippen LogP contribution in [0.3, 0.4) is 0 Å². The molecule has 2 aliphatic heterocycles. The van der Waals surface area contributed by atoms with Crippen molar-refractivity contribution < 1.29 is 42.1 Å². The van der Waals surface area contributed by atoms with Gasteiger partial charge in [0.1, 0.15) is 5.41 Å². The normalized spacial score (nSPS) is 13.8. The molecule has 0 saturated heterocycles. The van der Waals surface area contributed by atoms with Gasteiger partial charge in [-0.05, 0) is 69.3 Å². The van der Waals surface area contributed by atoms with Gasteiger partial charge in [-0.2, -0.15) is 0 Å². The fourth-order valence-corrected chi connectivity index (χ4v) is 11.9. The summed E-state index contributed by atoms with van der Waals surface area (Å²) in [4.78, 5) is 23.0. The number of fused-ring (bicyclic) bond motifs is 24. The smallest absolute Gasteiger partial charge is 0.299 e. The molecule has 0 aliphatic carbocycles. The van der Waals surface area contributed by atoms with Crippen LogP contribution >= 0.6 is 0 Å². The molecule has 6 heteroatoms. The molecule has 12 aromatic rings. The van der Waals surface area contributed by atoms with Crippen LogP contribution < -0.4 is 0 Å². The summed E-state index contributed by atoms with van der Waals surface area (Å²) in [6.07, 6.45) is 0. The molecule has 4 nitrogen and oxygen atoms in total. The van der Waals surface area contributed by atoms with Crippen LogP contribution in [-0.2, 0) is 58.4 Å². The first-order chi connectivity index (χ1) is 37.1. The van der Waals surface area contributed by atoms with E-state index in [-0.39, 0.29) is 42.1 Å². The maximum absolute atomic E-state index is 5.76. The van der Waals surface area contributed by atoms with Crippen molar-refractivity contribution in [3.05, 3.63) is 358 Å². The van der Waals surface area contributed by atoms with Crippen LogP contribution in [0.1, 0.15) is 67.3 Å². The summed E-state index contributed by atoms with van der Waals surface area (Å²) in [7, 11) is 0. The summed E-state index contributed by atoms with van der Waals surface area (Å²) in [6.45, 7) is 0. The summed E-state index contributed by atoms with van der Waals surface area (Å²) in [6, 6.07) is 109. The molecule has 8 aromatic carbocycles. The van der Waals surface area contributed by atoms with Gasteiger partial charge in [-0.25, -0.2) is 0 Å². The first kappa shape index (κ1) is 49.6. The SMILES string of the molecule is [Pt+2].[Pt+2].[c-]1c2cccc1C(c1ccccc1)(c1ccccc1)c1[c-]c(ccc1)-c1cccc(n1)C1(c3cccc-2n3)c2cccc(n2)-c2[c-]c(ccc2)C(c2ccccc2)(c2ccccc2)c2[c-]c(ccc2)-c2cccc1n2. The average Bonchev–Trinajstić information content (AvgIpc) is 3.51.